The summed E-state index contributed by atoms with van der Waals surface area (Å²) in [6.45, 7) is 0.420. The van der Waals surface area contributed by atoms with E-state index in [-0.39, 0.29) is 0 Å². The fourth-order valence-corrected chi connectivity index (χ4v) is 1.84. The van der Waals surface area contributed by atoms with Gasteiger partial charge in [-0.1, -0.05) is 18.2 Å². The molecule has 2 heterocycles. The number of ether oxygens (including phenoxy) is 1. The first-order chi connectivity index (χ1) is 9.88. The normalized spacial score (nSPS) is 11.2. The molecule has 1 N–H and O–H groups in total. The van der Waals surface area contributed by atoms with Crippen LogP contribution in [0.25, 0.3) is 11.2 Å². The molecule has 2 aromatic heterocycles. The van der Waals surface area contributed by atoms with Crippen molar-refractivity contribution in [3.8, 4) is 5.75 Å². The predicted octanol–water partition coefficient (Wildman–Crippen LogP) is 2.65. The number of H-pyrrole nitrogens is 1. The van der Waals surface area contributed by atoms with Crippen LogP contribution in [-0.2, 0) is 6.54 Å². The lowest BCUT2D eigenvalue weighted by atomic mass is 10.2. The summed E-state index contributed by atoms with van der Waals surface area (Å²) >= 11 is 0. The number of nitrogens with one attached hydrogen (secondary N) is 1. The van der Waals surface area contributed by atoms with Crippen molar-refractivity contribution in [3.63, 3.8) is 0 Å². The molecule has 0 bridgehead atoms. The molecule has 3 aromatic rings. The smallest absolute Gasteiger partial charge is 0.203 e. The number of benzene rings is 1. The highest BCUT2D eigenvalue weighted by Crippen LogP contribution is 2.21. The van der Waals surface area contributed by atoms with E-state index in [1.165, 1.54) is 6.33 Å². The van der Waals surface area contributed by atoms with Crippen LogP contribution in [0.15, 0.2) is 47.1 Å². The number of para-hydroxylation sites is 1. The van der Waals surface area contributed by atoms with Crippen LogP contribution in [0.5, 0.6) is 5.75 Å². The zero-order valence-electron chi connectivity index (χ0n) is 10.8. The lowest BCUT2D eigenvalue weighted by Crippen LogP contribution is -1.89. The van der Waals surface area contributed by atoms with Crippen molar-refractivity contribution in [1.82, 2.24) is 19.9 Å². The number of fused-ring (bicyclic) bond motifs is 1. The van der Waals surface area contributed by atoms with Crippen molar-refractivity contribution in [2.24, 2.45) is 10.2 Å². The average molecular weight is 268 g/mol. The van der Waals surface area contributed by atoms with Crippen LogP contribution in [0.4, 0.5) is 5.82 Å². The molecule has 100 valence electrons. The van der Waals surface area contributed by atoms with Gasteiger partial charge in [0.25, 0.3) is 0 Å². The van der Waals surface area contributed by atoms with Gasteiger partial charge in [0.15, 0.2) is 5.65 Å². The Morgan fingerprint density at radius 3 is 3.00 bits per heavy atom. The number of hydrogen-bond donors (Lipinski definition) is 1. The molecule has 0 radical (unpaired) electrons. The molecule has 7 nitrogen and oxygen atoms in total. The van der Waals surface area contributed by atoms with E-state index in [1.807, 2.05) is 24.3 Å². The second kappa shape index (κ2) is 5.43. The summed E-state index contributed by atoms with van der Waals surface area (Å²) in [6.07, 6.45) is 2.97. The molecule has 0 aliphatic rings. The van der Waals surface area contributed by atoms with Gasteiger partial charge >= 0.3 is 0 Å². The van der Waals surface area contributed by atoms with E-state index in [0.717, 1.165) is 11.3 Å². The van der Waals surface area contributed by atoms with Gasteiger partial charge in [0.05, 0.1) is 20.0 Å². The summed E-state index contributed by atoms with van der Waals surface area (Å²) in [5.74, 6) is 1.27. The molecule has 0 unspecified atom stereocenters. The molecule has 0 saturated carbocycles. The van der Waals surface area contributed by atoms with Gasteiger partial charge in [-0.05, 0) is 6.07 Å². The first kappa shape index (κ1) is 12.2. The molecule has 0 amide bonds. The molecule has 3 rings (SSSR count). The monoisotopic (exact) mass is 268 g/mol. The van der Waals surface area contributed by atoms with E-state index >= 15 is 0 Å². The fourth-order valence-electron chi connectivity index (χ4n) is 1.84. The first-order valence-electron chi connectivity index (χ1n) is 6.02. The van der Waals surface area contributed by atoms with Gasteiger partial charge in [-0.2, -0.15) is 5.11 Å². The largest absolute Gasteiger partial charge is 0.496 e. The van der Waals surface area contributed by atoms with E-state index in [9.17, 15) is 0 Å². The van der Waals surface area contributed by atoms with E-state index in [1.54, 1.807) is 13.4 Å². The maximum Gasteiger partial charge on any atom is 0.203 e. The zero-order chi connectivity index (χ0) is 13.8. The molecule has 0 saturated heterocycles. The molecule has 0 spiro atoms. The second-order valence-corrected chi connectivity index (χ2v) is 4.01. The standard InChI is InChI=1S/C13H12N6O/c1-20-10-5-3-2-4-9(10)6-18-19-13-11-12(15-7-14-11)16-8-17-13/h2-5,7-8H,6H2,1H3,(H,14,15,16,17). The minimum Gasteiger partial charge on any atom is -0.496 e. The Bertz CT molecular complexity index is 751. The zero-order valence-corrected chi connectivity index (χ0v) is 10.8. The summed E-state index contributed by atoms with van der Waals surface area (Å²) in [5.41, 5.74) is 2.22. The Morgan fingerprint density at radius 1 is 1.20 bits per heavy atom. The van der Waals surface area contributed by atoms with E-state index in [4.69, 9.17) is 4.74 Å². The number of hydrogen-bond acceptors (Lipinski definition) is 6. The maximum atomic E-state index is 5.26. The van der Waals surface area contributed by atoms with Crippen LogP contribution in [0.2, 0.25) is 0 Å². The Hall–Kier alpha value is -2.83. The van der Waals surface area contributed by atoms with Crippen LogP contribution in [0, 0.1) is 0 Å². The van der Waals surface area contributed by atoms with Crippen molar-refractivity contribution in [1.29, 1.82) is 0 Å². The highest BCUT2D eigenvalue weighted by molar-refractivity contribution is 5.79. The quantitative estimate of drug-likeness (QED) is 0.737. The third-order valence-corrected chi connectivity index (χ3v) is 2.80. The van der Waals surface area contributed by atoms with Gasteiger partial charge in [-0.3, -0.25) is 0 Å². The Balaban J connectivity index is 1.82. The van der Waals surface area contributed by atoms with E-state index in [2.05, 4.69) is 30.2 Å². The Kier molecular flexibility index (Phi) is 3.32. The molecule has 20 heavy (non-hydrogen) atoms. The summed E-state index contributed by atoms with van der Waals surface area (Å²) in [7, 11) is 1.63. The molecule has 0 atom stereocenters. The van der Waals surface area contributed by atoms with Crippen LogP contribution < -0.4 is 4.74 Å². The number of rotatable bonds is 4. The number of nitrogens with zero attached hydrogens (tertiary/aromatic N) is 5. The van der Waals surface area contributed by atoms with Crippen molar-refractivity contribution in [3.05, 3.63) is 42.5 Å². The van der Waals surface area contributed by atoms with Gasteiger partial charge in [0.2, 0.25) is 5.82 Å². The third-order valence-electron chi connectivity index (χ3n) is 2.80. The third kappa shape index (κ3) is 2.33. The second-order valence-electron chi connectivity index (χ2n) is 4.01. The summed E-state index contributed by atoms with van der Waals surface area (Å²) in [4.78, 5) is 15.1. The molecule has 1 aromatic carbocycles. The summed E-state index contributed by atoms with van der Waals surface area (Å²) < 4.78 is 5.26. The Morgan fingerprint density at radius 2 is 2.10 bits per heavy atom. The lowest BCUT2D eigenvalue weighted by Gasteiger charge is -2.04. The number of azo groups is 1. The highest BCUT2D eigenvalue weighted by Gasteiger charge is 2.04. The van der Waals surface area contributed by atoms with E-state index < -0.39 is 0 Å². The SMILES string of the molecule is COc1ccccc1CN=Nc1ncnc2nc[nH]c12. The number of aromatic amines is 1. The fraction of sp³-hybridized carbons (Fsp3) is 0.154. The molecular weight excluding hydrogens is 256 g/mol. The van der Waals surface area contributed by atoms with Crippen LogP contribution in [0.3, 0.4) is 0 Å². The van der Waals surface area contributed by atoms with Gasteiger partial charge in [-0.15, -0.1) is 5.11 Å². The average Bonchev–Trinajstić information content (AvgIpc) is 2.97. The maximum absolute atomic E-state index is 5.26. The van der Waals surface area contributed by atoms with Crippen LogP contribution in [-0.4, -0.2) is 27.0 Å². The van der Waals surface area contributed by atoms with Crippen LogP contribution >= 0.6 is 0 Å². The van der Waals surface area contributed by atoms with Crippen molar-refractivity contribution in [2.75, 3.05) is 7.11 Å². The number of methoxy groups -OCH3 is 1. The molecule has 7 heteroatoms. The van der Waals surface area contributed by atoms with Crippen LogP contribution in [0.1, 0.15) is 5.56 Å². The number of imidazole rings is 1. The molecule has 0 aliphatic heterocycles. The minimum absolute atomic E-state index is 0.420. The lowest BCUT2D eigenvalue weighted by molar-refractivity contribution is 0.409. The van der Waals surface area contributed by atoms with Crippen molar-refractivity contribution < 1.29 is 4.74 Å². The summed E-state index contributed by atoms with van der Waals surface area (Å²) in [5, 5.41) is 8.28. The van der Waals surface area contributed by atoms with E-state index in [0.29, 0.717) is 23.5 Å². The minimum atomic E-state index is 0.420. The highest BCUT2D eigenvalue weighted by atomic mass is 16.5. The molecular formula is C13H12N6O. The van der Waals surface area contributed by atoms with Gasteiger partial charge in [0.1, 0.15) is 17.6 Å². The Labute approximate surface area is 114 Å². The first-order valence-corrected chi connectivity index (χ1v) is 6.02. The van der Waals surface area contributed by atoms with Crippen molar-refractivity contribution >= 4 is 17.0 Å². The number of aromatic nitrogens is 4. The molecule has 0 fully saturated rings. The van der Waals surface area contributed by atoms with Gasteiger partial charge in [-0.25, -0.2) is 15.0 Å². The van der Waals surface area contributed by atoms with Gasteiger partial charge < -0.3 is 9.72 Å². The van der Waals surface area contributed by atoms with Crippen molar-refractivity contribution in [2.45, 2.75) is 6.54 Å². The summed E-state index contributed by atoms with van der Waals surface area (Å²) in [6, 6.07) is 7.69. The molecule has 0 aliphatic carbocycles. The predicted molar refractivity (Wildman–Crippen MR) is 72.9 cm³/mol. The topological polar surface area (TPSA) is 88.4 Å². The van der Waals surface area contributed by atoms with Gasteiger partial charge in [0, 0.05) is 5.56 Å².